The molecule has 5 nitrogen and oxygen atoms in total. The molecule has 1 aromatic rings. The molecule has 124 valence electrons. The third-order valence-corrected chi connectivity index (χ3v) is 3.61. The second kappa shape index (κ2) is 8.03. The number of aliphatic hydroxyl groups is 1. The molecule has 0 aliphatic heterocycles. The van der Waals surface area contributed by atoms with Gasteiger partial charge in [-0.25, -0.2) is 4.79 Å². The van der Waals surface area contributed by atoms with Gasteiger partial charge in [-0.1, -0.05) is 26.0 Å². The SMILES string of the molecule is CCN(C)c1ccccc1NC(=O)NCC(C)(C)CC(C)O. The highest BCUT2D eigenvalue weighted by atomic mass is 16.3. The summed E-state index contributed by atoms with van der Waals surface area (Å²) in [6.07, 6.45) is 0.265. The van der Waals surface area contributed by atoms with Crippen LogP contribution in [0.1, 0.15) is 34.1 Å². The number of para-hydroxylation sites is 2. The normalized spacial score (nSPS) is 12.6. The number of carbonyl (C=O) groups is 1. The first-order valence-corrected chi connectivity index (χ1v) is 7.78. The molecule has 0 saturated heterocycles. The summed E-state index contributed by atoms with van der Waals surface area (Å²) in [4.78, 5) is 14.2. The highest BCUT2D eigenvalue weighted by Gasteiger charge is 2.21. The van der Waals surface area contributed by atoms with E-state index < -0.39 is 0 Å². The van der Waals surface area contributed by atoms with E-state index in [2.05, 4.69) is 22.5 Å². The molecule has 0 fully saturated rings. The Bertz CT molecular complexity index is 487. The Morgan fingerprint density at radius 1 is 1.36 bits per heavy atom. The number of nitrogens with zero attached hydrogens (tertiary/aromatic N) is 1. The van der Waals surface area contributed by atoms with Crippen LogP contribution in [0.5, 0.6) is 0 Å². The zero-order chi connectivity index (χ0) is 16.8. The lowest BCUT2D eigenvalue weighted by Crippen LogP contribution is -2.38. The third-order valence-electron chi connectivity index (χ3n) is 3.61. The largest absolute Gasteiger partial charge is 0.393 e. The second-order valence-corrected chi connectivity index (χ2v) is 6.56. The molecule has 1 rings (SSSR count). The summed E-state index contributed by atoms with van der Waals surface area (Å²) in [6, 6.07) is 7.50. The van der Waals surface area contributed by atoms with Crippen LogP contribution in [0, 0.1) is 5.41 Å². The number of urea groups is 1. The molecule has 0 saturated carbocycles. The monoisotopic (exact) mass is 307 g/mol. The van der Waals surface area contributed by atoms with Crippen LogP contribution in [0.3, 0.4) is 0 Å². The van der Waals surface area contributed by atoms with E-state index in [0.717, 1.165) is 17.9 Å². The molecule has 0 radical (unpaired) electrons. The molecule has 0 aromatic heterocycles. The molecule has 5 heteroatoms. The van der Waals surface area contributed by atoms with Crippen LogP contribution < -0.4 is 15.5 Å². The van der Waals surface area contributed by atoms with Crippen molar-refractivity contribution in [2.45, 2.75) is 40.2 Å². The van der Waals surface area contributed by atoms with Crippen molar-refractivity contribution in [2.75, 3.05) is 30.4 Å². The number of amides is 2. The highest BCUT2D eigenvalue weighted by molar-refractivity contribution is 5.93. The van der Waals surface area contributed by atoms with Crippen LogP contribution >= 0.6 is 0 Å². The van der Waals surface area contributed by atoms with Gasteiger partial charge >= 0.3 is 6.03 Å². The molecule has 22 heavy (non-hydrogen) atoms. The lowest BCUT2D eigenvalue weighted by atomic mass is 9.87. The Morgan fingerprint density at radius 3 is 2.59 bits per heavy atom. The van der Waals surface area contributed by atoms with E-state index in [1.807, 2.05) is 45.2 Å². The smallest absolute Gasteiger partial charge is 0.319 e. The molecule has 0 aliphatic carbocycles. The summed E-state index contributed by atoms with van der Waals surface area (Å²) < 4.78 is 0. The molecule has 0 bridgehead atoms. The quantitative estimate of drug-likeness (QED) is 0.725. The van der Waals surface area contributed by atoms with Gasteiger partial charge in [-0.05, 0) is 37.8 Å². The minimum absolute atomic E-state index is 0.148. The van der Waals surface area contributed by atoms with E-state index >= 15 is 0 Å². The summed E-state index contributed by atoms with van der Waals surface area (Å²) in [5.41, 5.74) is 1.63. The number of aliphatic hydroxyl groups excluding tert-OH is 1. The molecule has 3 N–H and O–H groups in total. The van der Waals surface area contributed by atoms with Crippen LogP contribution in [-0.4, -0.2) is 37.4 Å². The number of rotatable bonds is 7. The molecule has 0 aliphatic rings. The van der Waals surface area contributed by atoms with Crippen molar-refractivity contribution in [2.24, 2.45) is 5.41 Å². The zero-order valence-corrected chi connectivity index (χ0v) is 14.3. The molecule has 1 unspecified atom stereocenters. The Kier molecular flexibility index (Phi) is 6.68. The predicted molar refractivity (Wildman–Crippen MR) is 92.5 cm³/mol. The Hall–Kier alpha value is -1.75. The van der Waals surface area contributed by atoms with Crippen molar-refractivity contribution in [1.29, 1.82) is 0 Å². The fraction of sp³-hybridized carbons (Fsp3) is 0.588. The van der Waals surface area contributed by atoms with Crippen LogP contribution in [0.2, 0.25) is 0 Å². The fourth-order valence-electron chi connectivity index (χ4n) is 2.44. The molecular weight excluding hydrogens is 278 g/mol. The van der Waals surface area contributed by atoms with Gasteiger partial charge in [0.1, 0.15) is 0 Å². The van der Waals surface area contributed by atoms with Gasteiger partial charge in [0.2, 0.25) is 0 Å². The average Bonchev–Trinajstić information content (AvgIpc) is 2.44. The maximum absolute atomic E-state index is 12.1. The summed E-state index contributed by atoms with van der Waals surface area (Å²) >= 11 is 0. The highest BCUT2D eigenvalue weighted by Crippen LogP contribution is 2.24. The number of carbonyl (C=O) groups excluding carboxylic acids is 1. The standard InChI is InChI=1S/C17H29N3O2/c1-6-20(5)15-10-8-7-9-14(15)19-16(22)18-12-17(3,4)11-13(2)21/h7-10,13,21H,6,11-12H2,1-5H3,(H2,18,19,22). The van der Waals surface area contributed by atoms with Crippen molar-refractivity contribution in [3.63, 3.8) is 0 Å². The van der Waals surface area contributed by atoms with Crippen molar-refractivity contribution >= 4 is 17.4 Å². The minimum atomic E-state index is -0.376. The van der Waals surface area contributed by atoms with E-state index in [9.17, 15) is 9.90 Å². The van der Waals surface area contributed by atoms with Gasteiger partial charge in [-0.15, -0.1) is 0 Å². The molecule has 0 spiro atoms. The van der Waals surface area contributed by atoms with Gasteiger partial charge in [0.05, 0.1) is 17.5 Å². The van der Waals surface area contributed by atoms with Gasteiger partial charge in [-0.2, -0.15) is 0 Å². The third kappa shape index (κ3) is 5.93. The lowest BCUT2D eigenvalue weighted by molar-refractivity contribution is 0.129. The first kappa shape index (κ1) is 18.3. The first-order valence-electron chi connectivity index (χ1n) is 7.78. The van der Waals surface area contributed by atoms with E-state index in [1.54, 1.807) is 6.92 Å². The van der Waals surface area contributed by atoms with E-state index in [1.165, 1.54) is 0 Å². The van der Waals surface area contributed by atoms with Gasteiger partial charge in [0.15, 0.2) is 0 Å². The van der Waals surface area contributed by atoms with Crippen molar-refractivity contribution in [3.05, 3.63) is 24.3 Å². The molecule has 2 amide bonds. The summed E-state index contributed by atoms with van der Waals surface area (Å²) in [6.45, 7) is 9.25. The van der Waals surface area contributed by atoms with Gasteiger partial charge < -0.3 is 20.6 Å². The second-order valence-electron chi connectivity index (χ2n) is 6.56. The van der Waals surface area contributed by atoms with E-state index in [0.29, 0.717) is 13.0 Å². The van der Waals surface area contributed by atoms with Gasteiger partial charge in [0.25, 0.3) is 0 Å². The summed E-state index contributed by atoms with van der Waals surface area (Å²) in [5.74, 6) is 0. The van der Waals surface area contributed by atoms with Crippen LogP contribution in [0.15, 0.2) is 24.3 Å². The maximum Gasteiger partial charge on any atom is 0.319 e. The van der Waals surface area contributed by atoms with Crippen LogP contribution in [0.4, 0.5) is 16.2 Å². The minimum Gasteiger partial charge on any atom is -0.393 e. The number of nitrogens with one attached hydrogen (secondary N) is 2. The number of hydrogen-bond acceptors (Lipinski definition) is 3. The van der Waals surface area contributed by atoms with Crippen LogP contribution in [0.25, 0.3) is 0 Å². The maximum atomic E-state index is 12.1. The first-order chi connectivity index (χ1) is 10.2. The Morgan fingerprint density at radius 2 is 2.00 bits per heavy atom. The Balaban J connectivity index is 2.63. The summed E-state index contributed by atoms with van der Waals surface area (Å²) in [5, 5.41) is 15.3. The molecule has 1 aromatic carbocycles. The topological polar surface area (TPSA) is 64.6 Å². The molecular formula is C17H29N3O2. The van der Waals surface area contributed by atoms with Crippen molar-refractivity contribution in [3.8, 4) is 0 Å². The molecule has 1 atom stereocenters. The van der Waals surface area contributed by atoms with E-state index in [-0.39, 0.29) is 17.6 Å². The van der Waals surface area contributed by atoms with E-state index in [4.69, 9.17) is 0 Å². The van der Waals surface area contributed by atoms with Crippen molar-refractivity contribution in [1.82, 2.24) is 5.32 Å². The predicted octanol–water partition coefficient (Wildman–Crippen LogP) is 3.06. The number of hydrogen-bond donors (Lipinski definition) is 3. The number of benzene rings is 1. The summed E-state index contributed by atoms with van der Waals surface area (Å²) in [7, 11) is 1.99. The number of anilines is 2. The Labute approximate surface area is 133 Å². The fourth-order valence-corrected chi connectivity index (χ4v) is 2.44. The molecule has 0 heterocycles. The van der Waals surface area contributed by atoms with Gasteiger partial charge in [-0.3, -0.25) is 0 Å². The van der Waals surface area contributed by atoms with Crippen LogP contribution in [-0.2, 0) is 0 Å². The average molecular weight is 307 g/mol. The lowest BCUT2D eigenvalue weighted by Gasteiger charge is -2.26. The van der Waals surface area contributed by atoms with Crippen molar-refractivity contribution < 1.29 is 9.90 Å². The zero-order valence-electron chi connectivity index (χ0n) is 14.3. The van der Waals surface area contributed by atoms with Gasteiger partial charge in [0, 0.05) is 20.1 Å².